The highest BCUT2D eigenvalue weighted by atomic mass is 32.2. The summed E-state index contributed by atoms with van der Waals surface area (Å²) in [5.41, 5.74) is -0.132. The quantitative estimate of drug-likeness (QED) is 0.728. The summed E-state index contributed by atoms with van der Waals surface area (Å²) in [6.07, 6.45) is 0.806. The van der Waals surface area contributed by atoms with Crippen molar-refractivity contribution >= 4 is 21.4 Å². The fourth-order valence-electron chi connectivity index (χ4n) is 1.61. The summed E-state index contributed by atoms with van der Waals surface area (Å²) in [6, 6.07) is 1.71. The van der Waals surface area contributed by atoms with Crippen LogP contribution in [-0.4, -0.2) is 35.7 Å². The van der Waals surface area contributed by atoms with Crippen LogP contribution >= 0.6 is 11.3 Å². The van der Waals surface area contributed by atoms with Crippen LogP contribution in [0.2, 0.25) is 0 Å². The van der Waals surface area contributed by atoms with Crippen molar-refractivity contribution in [2.75, 3.05) is 27.3 Å². The Morgan fingerprint density at radius 3 is 2.70 bits per heavy atom. The van der Waals surface area contributed by atoms with E-state index in [0.717, 1.165) is 11.3 Å². The van der Waals surface area contributed by atoms with Crippen LogP contribution < -0.4 is 10.0 Å². The molecule has 20 heavy (non-hydrogen) atoms. The van der Waals surface area contributed by atoms with Crippen molar-refractivity contribution in [3.63, 3.8) is 0 Å². The molecule has 0 aromatic carbocycles. The molecule has 1 rings (SSSR count). The summed E-state index contributed by atoms with van der Waals surface area (Å²) in [5.74, 6) is 0. The first-order valence-electron chi connectivity index (χ1n) is 6.51. The molecule has 0 spiro atoms. The molecule has 0 radical (unpaired) electrons. The van der Waals surface area contributed by atoms with Crippen LogP contribution in [0.3, 0.4) is 0 Å². The number of methoxy groups -OCH3 is 1. The summed E-state index contributed by atoms with van der Waals surface area (Å²) < 4.78 is 32.2. The number of rotatable bonds is 9. The van der Waals surface area contributed by atoms with Gasteiger partial charge in [-0.25, -0.2) is 13.1 Å². The first-order valence-corrected chi connectivity index (χ1v) is 8.87. The molecular formula is C13H24N2O3S2. The Bertz CT molecular complexity index is 509. The van der Waals surface area contributed by atoms with Crippen molar-refractivity contribution in [3.8, 4) is 0 Å². The van der Waals surface area contributed by atoms with Crippen LogP contribution in [0, 0.1) is 5.41 Å². The highest BCUT2D eigenvalue weighted by Crippen LogP contribution is 2.22. The van der Waals surface area contributed by atoms with Gasteiger partial charge in [-0.15, -0.1) is 11.3 Å². The normalized spacial score (nSPS) is 12.8. The molecule has 1 heterocycles. The van der Waals surface area contributed by atoms with Crippen LogP contribution in [0.25, 0.3) is 0 Å². The molecular weight excluding hydrogens is 296 g/mol. The van der Waals surface area contributed by atoms with E-state index >= 15 is 0 Å². The number of sulfonamides is 1. The van der Waals surface area contributed by atoms with Crippen molar-refractivity contribution in [2.45, 2.75) is 31.7 Å². The Morgan fingerprint density at radius 2 is 2.10 bits per heavy atom. The Kier molecular flexibility index (Phi) is 6.60. The monoisotopic (exact) mass is 320 g/mol. The van der Waals surface area contributed by atoms with Gasteiger partial charge in [0, 0.05) is 37.1 Å². The van der Waals surface area contributed by atoms with Crippen molar-refractivity contribution < 1.29 is 13.2 Å². The van der Waals surface area contributed by atoms with Crippen molar-refractivity contribution in [1.29, 1.82) is 0 Å². The number of ether oxygens (including phenoxy) is 1. The van der Waals surface area contributed by atoms with E-state index in [1.165, 1.54) is 11.3 Å². The van der Waals surface area contributed by atoms with Gasteiger partial charge in [0.25, 0.3) is 0 Å². The second-order valence-electron chi connectivity index (χ2n) is 5.51. The minimum atomic E-state index is -3.42. The van der Waals surface area contributed by atoms with Crippen LogP contribution in [0.15, 0.2) is 16.3 Å². The van der Waals surface area contributed by atoms with E-state index in [1.54, 1.807) is 18.6 Å². The molecule has 0 aliphatic heterocycles. The van der Waals surface area contributed by atoms with Crippen LogP contribution in [0.4, 0.5) is 0 Å². The molecule has 1 aromatic heterocycles. The molecule has 0 aliphatic carbocycles. The van der Waals surface area contributed by atoms with Gasteiger partial charge >= 0.3 is 0 Å². The Labute approximate surface area is 125 Å². The Balaban J connectivity index is 2.64. The van der Waals surface area contributed by atoms with Gasteiger partial charge in [0.05, 0.1) is 4.90 Å². The molecule has 116 valence electrons. The molecule has 0 bridgehead atoms. The predicted molar refractivity (Wildman–Crippen MR) is 82.5 cm³/mol. The van der Waals surface area contributed by atoms with E-state index in [-0.39, 0.29) is 5.41 Å². The van der Waals surface area contributed by atoms with Crippen molar-refractivity contribution in [2.24, 2.45) is 5.41 Å². The average molecular weight is 320 g/mol. The zero-order valence-corrected chi connectivity index (χ0v) is 14.2. The lowest BCUT2D eigenvalue weighted by Gasteiger charge is -2.24. The van der Waals surface area contributed by atoms with Gasteiger partial charge in [0.15, 0.2) is 0 Å². The molecule has 0 unspecified atom stereocenters. The van der Waals surface area contributed by atoms with Gasteiger partial charge in [0.2, 0.25) is 10.0 Å². The van der Waals surface area contributed by atoms with E-state index < -0.39 is 10.0 Å². The SMILES string of the molecule is CNCc1cc(S(=O)(=O)NCC(C)(C)CCOC)cs1. The third-order valence-corrected chi connectivity index (χ3v) is 5.48. The summed E-state index contributed by atoms with van der Waals surface area (Å²) in [7, 11) is 0.0613. The fraction of sp³-hybridized carbons (Fsp3) is 0.692. The van der Waals surface area contributed by atoms with E-state index in [1.807, 2.05) is 20.9 Å². The third-order valence-electron chi connectivity index (χ3n) is 3.01. The van der Waals surface area contributed by atoms with Crippen molar-refractivity contribution in [3.05, 3.63) is 16.3 Å². The molecule has 0 fully saturated rings. The summed E-state index contributed by atoms with van der Waals surface area (Å²) in [5, 5.41) is 4.69. The van der Waals surface area contributed by atoms with Gasteiger partial charge in [-0.1, -0.05) is 13.8 Å². The van der Waals surface area contributed by atoms with Crippen molar-refractivity contribution in [1.82, 2.24) is 10.0 Å². The van der Waals surface area contributed by atoms with Gasteiger partial charge in [0.1, 0.15) is 0 Å². The lowest BCUT2D eigenvalue weighted by Crippen LogP contribution is -2.34. The molecule has 0 amide bonds. The number of hydrogen-bond acceptors (Lipinski definition) is 5. The van der Waals surface area contributed by atoms with E-state index in [2.05, 4.69) is 10.0 Å². The van der Waals surface area contributed by atoms with E-state index in [4.69, 9.17) is 4.74 Å². The lowest BCUT2D eigenvalue weighted by atomic mass is 9.90. The molecule has 0 saturated carbocycles. The van der Waals surface area contributed by atoms with Gasteiger partial charge < -0.3 is 10.1 Å². The summed E-state index contributed by atoms with van der Waals surface area (Å²) in [6.45, 7) is 5.75. The number of hydrogen-bond donors (Lipinski definition) is 2. The topological polar surface area (TPSA) is 67.4 Å². The fourth-order valence-corrected chi connectivity index (χ4v) is 4.14. The molecule has 0 aliphatic rings. The smallest absolute Gasteiger partial charge is 0.241 e. The van der Waals surface area contributed by atoms with Gasteiger partial charge in [-0.05, 0) is 24.9 Å². The zero-order chi connectivity index (χ0) is 15.2. The molecule has 1 aromatic rings. The van der Waals surface area contributed by atoms with Crippen LogP contribution in [0.1, 0.15) is 25.1 Å². The first-order chi connectivity index (χ1) is 9.30. The van der Waals surface area contributed by atoms with E-state index in [9.17, 15) is 8.42 Å². The van der Waals surface area contributed by atoms with Crippen LogP contribution in [-0.2, 0) is 21.3 Å². The minimum absolute atomic E-state index is 0.132. The molecule has 0 atom stereocenters. The highest BCUT2D eigenvalue weighted by Gasteiger charge is 2.22. The predicted octanol–water partition coefficient (Wildman–Crippen LogP) is 1.81. The Morgan fingerprint density at radius 1 is 1.40 bits per heavy atom. The van der Waals surface area contributed by atoms with Gasteiger partial charge in [-0.2, -0.15) is 0 Å². The molecule has 0 saturated heterocycles. The maximum atomic E-state index is 12.2. The summed E-state index contributed by atoms with van der Waals surface area (Å²) in [4.78, 5) is 1.35. The third kappa shape index (κ3) is 5.49. The largest absolute Gasteiger partial charge is 0.385 e. The highest BCUT2D eigenvalue weighted by molar-refractivity contribution is 7.89. The zero-order valence-electron chi connectivity index (χ0n) is 12.5. The number of nitrogens with one attached hydrogen (secondary N) is 2. The lowest BCUT2D eigenvalue weighted by molar-refractivity contribution is 0.153. The second-order valence-corrected chi connectivity index (χ2v) is 8.27. The minimum Gasteiger partial charge on any atom is -0.385 e. The molecule has 2 N–H and O–H groups in total. The van der Waals surface area contributed by atoms with Gasteiger partial charge in [-0.3, -0.25) is 0 Å². The summed E-state index contributed by atoms with van der Waals surface area (Å²) >= 11 is 1.45. The van der Waals surface area contributed by atoms with E-state index in [0.29, 0.717) is 24.6 Å². The average Bonchev–Trinajstić information content (AvgIpc) is 2.84. The standard InChI is InChI=1S/C13H24N2O3S2/c1-13(2,5-6-18-4)10-15-20(16,17)12-7-11(8-14-3)19-9-12/h7,9,14-15H,5-6,8,10H2,1-4H3. The second kappa shape index (κ2) is 7.51. The van der Waals surface area contributed by atoms with Crippen LogP contribution in [0.5, 0.6) is 0 Å². The molecule has 5 nitrogen and oxygen atoms in total. The molecule has 7 heteroatoms. The maximum Gasteiger partial charge on any atom is 0.241 e. The Hall–Kier alpha value is -0.470. The first kappa shape index (κ1) is 17.6. The number of thiophene rings is 1. The maximum absolute atomic E-state index is 12.2.